The first-order chi connectivity index (χ1) is 14.9. The van der Waals surface area contributed by atoms with Crippen LogP contribution in [-0.2, 0) is 24.9 Å². The lowest BCUT2D eigenvalue weighted by Crippen LogP contribution is -2.39. The maximum atomic E-state index is 12.8. The van der Waals surface area contributed by atoms with Gasteiger partial charge in [-0.05, 0) is 37.6 Å². The molecule has 0 saturated heterocycles. The van der Waals surface area contributed by atoms with Gasteiger partial charge in [-0.15, -0.1) is 0 Å². The average Bonchev–Trinajstić information content (AvgIpc) is 3.09. The highest BCUT2D eigenvalue weighted by atomic mass is 16.6. The van der Waals surface area contributed by atoms with E-state index < -0.39 is 0 Å². The molecule has 0 N–H and O–H groups in total. The number of rotatable bonds is 7. The van der Waals surface area contributed by atoms with Gasteiger partial charge in [-0.25, -0.2) is 9.78 Å². The second-order valence-corrected chi connectivity index (χ2v) is 6.85. The molecule has 0 atom stereocenters. The number of benzene rings is 1. The van der Waals surface area contributed by atoms with Gasteiger partial charge in [0.2, 0.25) is 0 Å². The first-order valence-electron chi connectivity index (χ1n) is 10.1. The predicted octanol–water partition coefficient (Wildman–Crippen LogP) is 2.43. The van der Waals surface area contributed by atoms with Gasteiger partial charge >= 0.3 is 11.7 Å². The summed E-state index contributed by atoms with van der Waals surface area (Å²) in [6, 6.07) is 5.19. The molecule has 0 fully saturated rings. The van der Waals surface area contributed by atoms with Crippen molar-refractivity contribution in [1.82, 2.24) is 18.7 Å². The van der Waals surface area contributed by atoms with Crippen molar-refractivity contribution in [2.45, 2.75) is 40.3 Å². The Labute approximate surface area is 179 Å². The van der Waals surface area contributed by atoms with Crippen molar-refractivity contribution in [3.63, 3.8) is 0 Å². The Bertz CT molecular complexity index is 1280. The number of hydrogen-bond acceptors (Lipinski definition) is 6. The summed E-state index contributed by atoms with van der Waals surface area (Å²) in [6.45, 7) is 6.02. The zero-order valence-corrected chi connectivity index (χ0v) is 18.3. The average molecular weight is 426 g/mol. The third-order valence-corrected chi connectivity index (χ3v) is 5.03. The number of aryl methyl sites for hydroxylation is 2. The van der Waals surface area contributed by atoms with E-state index in [4.69, 9.17) is 9.47 Å². The van der Waals surface area contributed by atoms with Crippen LogP contribution in [0.15, 0.2) is 27.8 Å². The highest BCUT2D eigenvalue weighted by Crippen LogP contribution is 2.29. The van der Waals surface area contributed by atoms with Gasteiger partial charge in [0, 0.05) is 26.6 Å². The molecule has 0 unspecified atom stereocenters. The molecular weight excluding hydrogens is 400 g/mol. The van der Waals surface area contributed by atoms with Crippen LogP contribution in [-0.4, -0.2) is 31.8 Å². The zero-order chi connectivity index (χ0) is 22.7. The lowest BCUT2D eigenvalue weighted by atomic mass is 10.2. The quantitative estimate of drug-likeness (QED) is 0.425. The van der Waals surface area contributed by atoms with Crippen molar-refractivity contribution in [2.75, 3.05) is 7.11 Å². The SMILES string of the molecule is CCC(=O)Oc1ccc(C=Cc2nc3c(c(=O)n(CC)c(=O)n3CC)n2C)cc1OC. The molecule has 0 aliphatic rings. The predicted molar refractivity (Wildman–Crippen MR) is 118 cm³/mol. The van der Waals surface area contributed by atoms with Crippen LogP contribution in [0.1, 0.15) is 38.6 Å². The van der Waals surface area contributed by atoms with Gasteiger partial charge < -0.3 is 14.0 Å². The fraction of sp³-hybridized carbons (Fsp3) is 0.364. The fourth-order valence-electron chi connectivity index (χ4n) is 3.33. The molecule has 3 aromatic rings. The topological polar surface area (TPSA) is 97.4 Å². The number of aromatic nitrogens is 4. The number of imidazole rings is 1. The largest absolute Gasteiger partial charge is 0.493 e. The number of methoxy groups -OCH3 is 1. The van der Waals surface area contributed by atoms with E-state index in [1.165, 1.54) is 16.2 Å². The molecule has 0 bridgehead atoms. The van der Waals surface area contributed by atoms with Crippen LogP contribution in [0.2, 0.25) is 0 Å². The third-order valence-electron chi connectivity index (χ3n) is 5.03. The molecule has 31 heavy (non-hydrogen) atoms. The van der Waals surface area contributed by atoms with Crippen LogP contribution < -0.4 is 20.7 Å². The molecule has 164 valence electrons. The second kappa shape index (κ2) is 9.03. The number of nitrogens with zero attached hydrogens (tertiary/aromatic N) is 4. The summed E-state index contributed by atoms with van der Waals surface area (Å²) in [5, 5.41) is 0. The van der Waals surface area contributed by atoms with Gasteiger partial charge in [0.25, 0.3) is 5.56 Å². The van der Waals surface area contributed by atoms with Gasteiger partial charge in [-0.3, -0.25) is 18.7 Å². The van der Waals surface area contributed by atoms with E-state index in [9.17, 15) is 14.4 Å². The summed E-state index contributed by atoms with van der Waals surface area (Å²) in [5.41, 5.74) is 0.814. The van der Waals surface area contributed by atoms with E-state index in [0.29, 0.717) is 41.6 Å². The van der Waals surface area contributed by atoms with Crippen molar-refractivity contribution >= 4 is 29.3 Å². The summed E-state index contributed by atoms with van der Waals surface area (Å²) in [6.07, 6.45) is 3.83. The summed E-state index contributed by atoms with van der Waals surface area (Å²) >= 11 is 0. The molecule has 0 spiro atoms. The Morgan fingerprint density at radius 3 is 2.39 bits per heavy atom. The number of ether oxygens (including phenoxy) is 2. The van der Waals surface area contributed by atoms with Crippen LogP contribution in [0.3, 0.4) is 0 Å². The molecule has 9 nitrogen and oxygen atoms in total. The number of esters is 1. The third kappa shape index (κ3) is 4.03. The van der Waals surface area contributed by atoms with E-state index in [2.05, 4.69) is 4.98 Å². The summed E-state index contributed by atoms with van der Waals surface area (Å²) in [5.74, 6) is 0.963. The maximum Gasteiger partial charge on any atom is 0.332 e. The molecule has 3 rings (SSSR count). The summed E-state index contributed by atoms with van der Waals surface area (Å²) < 4.78 is 15.0. The van der Waals surface area contributed by atoms with Gasteiger partial charge in [0.15, 0.2) is 22.7 Å². The monoisotopic (exact) mass is 426 g/mol. The van der Waals surface area contributed by atoms with Gasteiger partial charge in [0.1, 0.15) is 5.82 Å². The molecule has 1 aromatic carbocycles. The van der Waals surface area contributed by atoms with Crippen molar-refractivity contribution in [1.29, 1.82) is 0 Å². The second-order valence-electron chi connectivity index (χ2n) is 6.85. The number of hydrogen-bond donors (Lipinski definition) is 0. The molecule has 9 heteroatoms. The molecule has 0 aliphatic carbocycles. The first-order valence-corrected chi connectivity index (χ1v) is 10.1. The van der Waals surface area contributed by atoms with Crippen LogP contribution in [0, 0.1) is 0 Å². The summed E-state index contributed by atoms with van der Waals surface area (Å²) in [4.78, 5) is 41.5. The minimum absolute atomic E-state index is 0.264. The lowest BCUT2D eigenvalue weighted by Gasteiger charge is -2.09. The van der Waals surface area contributed by atoms with Crippen LogP contribution in [0.25, 0.3) is 23.3 Å². The zero-order valence-electron chi connectivity index (χ0n) is 18.3. The van der Waals surface area contributed by atoms with Gasteiger partial charge in [0.05, 0.1) is 7.11 Å². The van der Waals surface area contributed by atoms with Gasteiger partial charge in [-0.1, -0.05) is 19.1 Å². The molecule has 0 aliphatic heterocycles. The molecule has 2 heterocycles. The lowest BCUT2D eigenvalue weighted by molar-refractivity contribution is -0.134. The Hall–Kier alpha value is -3.62. The van der Waals surface area contributed by atoms with E-state index >= 15 is 0 Å². The Kier molecular flexibility index (Phi) is 6.43. The van der Waals surface area contributed by atoms with Crippen molar-refractivity contribution in [3.8, 4) is 11.5 Å². The Balaban J connectivity index is 2.05. The number of carbonyl (C=O) groups excluding carboxylic acids is 1. The van der Waals surface area contributed by atoms with Crippen LogP contribution in [0.5, 0.6) is 11.5 Å². The highest BCUT2D eigenvalue weighted by molar-refractivity contribution is 5.77. The maximum absolute atomic E-state index is 12.8. The molecule has 0 saturated carbocycles. The minimum Gasteiger partial charge on any atom is -0.493 e. The normalized spacial score (nSPS) is 11.4. The fourth-order valence-corrected chi connectivity index (χ4v) is 3.33. The molecular formula is C22H26N4O5. The molecule has 2 aromatic heterocycles. The van der Waals surface area contributed by atoms with Crippen molar-refractivity contribution in [2.24, 2.45) is 7.05 Å². The van der Waals surface area contributed by atoms with E-state index in [1.54, 1.807) is 49.7 Å². The Morgan fingerprint density at radius 1 is 1.06 bits per heavy atom. The van der Waals surface area contributed by atoms with E-state index in [0.717, 1.165) is 5.56 Å². The number of fused-ring (bicyclic) bond motifs is 1. The van der Waals surface area contributed by atoms with Crippen LogP contribution in [0.4, 0.5) is 0 Å². The highest BCUT2D eigenvalue weighted by Gasteiger charge is 2.17. The molecule has 0 radical (unpaired) electrons. The van der Waals surface area contributed by atoms with E-state index in [-0.39, 0.29) is 23.6 Å². The summed E-state index contributed by atoms with van der Waals surface area (Å²) in [7, 11) is 3.25. The van der Waals surface area contributed by atoms with Crippen molar-refractivity contribution < 1.29 is 14.3 Å². The smallest absolute Gasteiger partial charge is 0.332 e. The van der Waals surface area contributed by atoms with Crippen molar-refractivity contribution in [3.05, 3.63) is 50.4 Å². The van der Waals surface area contributed by atoms with E-state index in [1.807, 2.05) is 13.0 Å². The van der Waals surface area contributed by atoms with Crippen LogP contribution >= 0.6 is 0 Å². The van der Waals surface area contributed by atoms with Gasteiger partial charge in [-0.2, -0.15) is 0 Å². The minimum atomic E-state index is -0.363. The Morgan fingerprint density at radius 2 is 1.77 bits per heavy atom. The first kappa shape index (κ1) is 22.1. The molecule has 0 amide bonds. The number of carbonyl (C=O) groups is 1. The standard InChI is InChI=1S/C22H26N4O5/c1-6-18(27)31-15-11-9-14(13-16(15)30-5)10-12-17-23-20-19(24(17)4)21(28)26(8-3)22(29)25(20)7-2/h9-13H,6-8H2,1-5H3.